The smallest absolute Gasteiger partial charge is 0.122 e. The normalized spacial score (nSPS) is 9.20. The molecule has 1 rings (SSSR count). The summed E-state index contributed by atoms with van der Waals surface area (Å²) in [4.78, 5) is 0. The second-order valence-electron chi connectivity index (χ2n) is 3.42. The van der Waals surface area contributed by atoms with Crippen molar-refractivity contribution in [1.29, 1.82) is 0 Å². The molecule has 0 spiro atoms. The minimum atomic E-state index is 0.917. The Bertz CT molecular complexity index is 344. The van der Waals surface area contributed by atoms with Crippen molar-refractivity contribution in [1.82, 2.24) is 0 Å². The largest absolute Gasteiger partial charge is 0.496 e. The summed E-state index contributed by atoms with van der Waals surface area (Å²) in [5.41, 5.74) is 1.24. The van der Waals surface area contributed by atoms with E-state index < -0.39 is 0 Å². The number of unbranched alkanes of at least 4 members (excludes halogenated alkanes) is 1. The van der Waals surface area contributed by atoms with Crippen LogP contribution in [0.25, 0.3) is 0 Å². The summed E-state index contributed by atoms with van der Waals surface area (Å²) in [6.45, 7) is 2.15. The quantitative estimate of drug-likeness (QED) is 0.680. The molecule has 1 heteroatoms. The number of methoxy groups -OCH3 is 1. The highest BCUT2D eigenvalue weighted by atomic mass is 16.5. The van der Waals surface area contributed by atoms with Gasteiger partial charge in [-0.2, -0.15) is 0 Å². The van der Waals surface area contributed by atoms with Crippen LogP contribution in [0.5, 0.6) is 5.75 Å². The molecule has 15 heavy (non-hydrogen) atoms. The number of rotatable bonds is 4. The van der Waals surface area contributed by atoms with Crippen LogP contribution in [0, 0.1) is 11.8 Å². The second-order valence-corrected chi connectivity index (χ2v) is 3.42. The summed E-state index contributed by atoms with van der Waals surface area (Å²) in [5, 5.41) is 0. The van der Waals surface area contributed by atoms with Gasteiger partial charge < -0.3 is 4.74 Å². The third-order valence-electron chi connectivity index (χ3n) is 2.21. The molecular weight excluding hydrogens is 184 g/mol. The zero-order valence-corrected chi connectivity index (χ0v) is 9.55. The zero-order chi connectivity index (χ0) is 10.9. The van der Waals surface area contributed by atoms with Gasteiger partial charge in [0.25, 0.3) is 0 Å². The molecule has 0 heterocycles. The molecule has 0 amide bonds. The van der Waals surface area contributed by atoms with Gasteiger partial charge in [-0.1, -0.05) is 25.1 Å². The summed E-state index contributed by atoms with van der Waals surface area (Å²) < 4.78 is 5.28. The monoisotopic (exact) mass is 202 g/mol. The summed E-state index contributed by atoms with van der Waals surface area (Å²) in [6.07, 6.45) is 4.04. The van der Waals surface area contributed by atoms with Gasteiger partial charge in [0.2, 0.25) is 0 Å². The Labute approximate surface area is 92.5 Å². The van der Waals surface area contributed by atoms with E-state index in [0.29, 0.717) is 0 Å². The molecule has 0 unspecified atom stereocenters. The topological polar surface area (TPSA) is 9.23 Å². The van der Waals surface area contributed by atoms with E-state index in [1.54, 1.807) is 7.11 Å². The Hall–Kier alpha value is -1.42. The van der Waals surface area contributed by atoms with Crippen LogP contribution in [0.3, 0.4) is 0 Å². The van der Waals surface area contributed by atoms with E-state index >= 15 is 0 Å². The van der Waals surface area contributed by atoms with E-state index in [9.17, 15) is 0 Å². The van der Waals surface area contributed by atoms with Gasteiger partial charge in [0, 0.05) is 12.8 Å². The Kier molecular flexibility index (Phi) is 5.40. The second kappa shape index (κ2) is 6.95. The van der Waals surface area contributed by atoms with Crippen LogP contribution >= 0.6 is 0 Å². The van der Waals surface area contributed by atoms with Crippen LogP contribution in [0.1, 0.15) is 31.7 Å². The fraction of sp³-hybridized carbons (Fsp3) is 0.429. The van der Waals surface area contributed by atoms with Crippen molar-refractivity contribution in [3.8, 4) is 17.6 Å². The van der Waals surface area contributed by atoms with Gasteiger partial charge in [0.1, 0.15) is 5.75 Å². The first kappa shape index (κ1) is 11.7. The molecule has 0 fully saturated rings. The Morgan fingerprint density at radius 3 is 2.60 bits per heavy atom. The maximum Gasteiger partial charge on any atom is 0.122 e. The average molecular weight is 202 g/mol. The van der Waals surface area contributed by atoms with Gasteiger partial charge >= 0.3 is 0 Å². The molecule has 80 valence electrons. The van der Waals surface area contributed by atoms with Gasteiger partial charge in [-0.15, -0.1) is 11.8 Å². The highest BCUT2D eigenvalue weighted by Gasteiger charge is 1.98. The molecule has 1 nitrogen and oxygen atoms in total. The highest BCUT2D eigenvalue weighted by molar-refractivity contribution is 5.33. The van der Waals surface area contributed by atoms with Crippen LogP contribution in [0.2, 0.25) is 0 Å². The van der Waals surface area contributed by atoms with Crippen LogP contribution in [0.4, 0.5) is 0 Å². The third-order valence-corrected chi connectivity index (χ3v) is 2.21. The molecule has 1 aromatic carbocycles. The summed E-state index contributed by atoms with van der Waals surface area (Å²) in [6, 6.07) is 8.12. The van der Waals surface area contributed by atoms with E-state index in [-0.39, 0.29) is 0 Å². The molecule has 0 saturated heterocycles. The van der Waals surface area contributed by atoms with Crippen molar-refractivity contribution in [3.63, 3.8) is 0 Å². The molecule has 0 aliphatic heterocycles. The van der Waals surface area contributed by atoms with Gasteiger partial charge in [-0.25, -0.2) is 0 Å². The summed E-state index contributed by atoms with van der Waals surface area (Å²) in [5.74, 6) is 7.30. The molecule has 0 aliphatic carbocycles. The molecular formula is C14H18O. The minimum Gasteiger partial charge on any atom is -0.496 e. The number of hydrogen-bond donors (Lipinski definition) is 0. The van der Waals surface area contributed by atoms with Crippen LogP contribution in [-0.4, -0.2) is 7.11 Å². The average Bonchev–Trinajstić information content (AvgIpc) is 2.29. The molecule has 0 N–H and O–H groups in total. The zero-order valence-electron chi connectivity index (χ0n) is 9.55. The summed E-state index contributed by atoms with van der Waals surface area (Å²) >= 11 is 0. The van der Waals surface area contributed by atoms with Crippen molar-refractivity contribution in [3.05, 3.63) is 29.8 Å². The van der Waals surface area contributed by atoms with Crippen molar-refractivity contribution >= 4 is 0 Å². The molecule has 0 bridgehead atoms. The third kappa shape index (κ3) is 4.08. The lowest BCUT2D eigenvalue weighted by Crippen LogP contribution is -1.90. The van der Waals surface area contributed by atoms with E-state index in [4.69, 9.17) is 4.74 Å². The lowest BCUT2D eigenvalue weighted by atomic mass is 10.1. The minimum absolute atomic E-state index is 0.917. The predicted molar refractivity (Wildman–Crippen MR) is 64.0 cm³/mol. The lowest BCUT2D eigenvalue weighted by molar-refractivity contribution is 0.410. The molecule has 0 radical (unpaired) electrons. The number of hydrogen-bond acceptors (Lipinski definition) is 1. The molecule has 0 aliphatic rings. The first-order valence-electron chi connectivity index (χ1n) is 5.46. The summed E-state index contributed by atoms with van der Waals surface area (Å²) in [7, 11) is 1.71. The van der Waals surface area contributed by atoms with Crippen molar-refractivity contribution in [2.24, 2.45) is 0 Å². The van der Waals surface area contributed by atoms with Crippen LogP contribution in [-0.2, 0) is 6.42 Å². The Morgan fingerprint density at radius 1 is 1.13 bits per heavy atom. The lowest BCUT2D eigenvalue weighted by Gasteiger charge is -2.05. The van der Waals surface area contributed by atoms with Crippen molar-refractivity contribution in [2.45, 2.75) is 32.6 Å². The number of aryl methyl sites for hydroxylation is 1. The molecule has 0 aromatic heterocycles. The van der Waals surface area contributed by atoms with Gasteiger partial charge in [-0.05, 0) is 24.5 Å². The highest BCUT2D eigenvalue weighted by Crippen LogP contribution is 2.18. The van der Waals surface area contributed by atoms with Crippen LogP contribution < -0.4 is 4.74 Å². The van der Waals surface area contributed by atoms with Crippen molar-refractivity contribution < 1.29 is 4.74 Å². The van der Waals surface area contributed by atoms with Gasteiger partial charge in [0.15, 0.2) is 0 Å². The van der Waals surface area contributed by atoms with Crippen molar-refractivity contribution in [2.75, 3.05) is 7.11 Å². The van der Waals surface area contributed by atoms with Gasteiger partial charge in [-0.3, -0.25) is 0 Å². The Balaban J connectivity index is 2.47. The molecule has 1 aromatic rings. The number of ether oxygens (including phenoxy) is 1. The number of benzene rings is 1. The predicted octanol–water partition coefficient (Wildman–Crippen LogP) is 3.43. The molecule has 0 atom stereocenters. The Morgan fingerprint density at radius 2 is 1.87 bits per heavy atom. The maximum absolute atomic E-state index is 5.28. The van der Waals surface area contributed by atoms with E-state index in [1.807, 2.05) is 18.2 Å². The van der Waals surface area contributed by atoms with E-state index in [0.717, 1.165) is 31.4 Å². The van der Waals surface area contributed by atoms with E-state index in [1.165, 1.54) is 5.56 Å². The fourth-order valence-electron chi connectivity index (χ4n) is 1.41. The maximum atomic E-state index is 5.28. The SMILES string of the molecule is CCCC#CCCc1ccccc1OC. The standard InChI is InChI=1S/C14H18O/c1-3-4-5-6-7-10-13-11-8-9-12-14(13)15-2/h8-9,11-12H,3-4,7,10H2,1-2H3. The number of para-hydroxylation sites is 1. The first-order chi connectivity index (χ1) is 7.38. The fourth-order valence-corrected chi connectivity index (χ4v) is 1.41. The van der Waals surface area contributed by atoms with Gasteiger partial charge in [0.05, 0.1) is 7.11 Å². The van der Waals surface area contributed by atoms with Crippen LogP contribution in [0.15, 0.2) is 24.3 Å². The molecule has 0 saturated carbocycles. The van der Waals surface area contributed by atoms with E-state index in [2.05, 4.69) is 24.8 Å². The first-order valence-corrected chi connectivity index (χ1v) is 5.46.